The van der Waals surface area contributed by atoms with Crippen molar-refractivity contribution < 1.29 is 17.7 Å². The zero-order chi connectivity index (χ0) is 19.7. The molecule has 0 bridgehead atoms. The molecule has 3 rings (SSSR count). The number of nitrogens with zero attached hydrogens (tertiary/aromatic N) is 2. The van der Waals surface area contributed by atoms with Gasteiger partial charge >= 0.3 is 0 Å². The van der Waals surface area contributed by atoms with Gasteiger partial charge in [0.15, 0.2) is 5.82 Å². The number of amides is 1. The van der Waals surface area contributed by atoms with Crippen LogP contribution in [0.25, 0.3) is 0 Å². The highest BCUT2D eigenvalue weighted by molar-refractivity contribution is 7.89. The molecule has 1 aliphatic carbocycles. The zero-order valence-electron chi connectivity index (χ0n) is 15.7. The lowest BCUT2D eigenvalue weighted by Crippen LogP contribution is -2.44. The predicted molar refractivity (Wildman–Crippen MR) is 98.5 cm³/mol. The zero-order valence-corrected chi connectivity index (χ0v) is 16.5. The van der Waals surface area contributed by atoms with Crippen molar-refractivity contribution in [1.82, 2.24) is 20.2 Å². The number of nitrogens with one attached hydrogen (secondary N) is 2. The van der Waals surface area contributed by atoms with Gasteiger partial charge in [-0.05, 0) is 51.0 Å². The van der Waals surface area contributed by atoms with Crippen molar-refractivity contribution in [2.45, 2.75) is 62.9 Å². The van der Waals surface area contributed by atoms with E-state index in [4.69, 9.17) is 4.52 Å². The number of hydrogen-bond donors (Lipinski definition) is 2. The third kappa shape index (κ3) is 4.19. The lowest BCUT2D eigenvalue weighted by Gasteiger charge is -2.26. The van der Waals surface area contributed by atoms with Crippen LogP contribution in [0.2, 0.25) is 0 Å². The first kappa shape index (κ1) is 19.5. The molecule has 0 unspecified atom stereocenters. The molecule has 1 aliphatic rings. The van der Waals surface area contributed by atoms with Crippen LogP contribution in [0.5, 0.6) is 0 Å². The van der Waals surface area contributed by atoms with E-state index in [1.165, 1.54) is 24.3 Å². The third-order valence-electron chi connectivity index (χ3n) is 4.58. The van der Waals surface area contributed by atoms with Gasteiger partial charge in [-0.15, -0.1) is 0 Å². The molecular weight excluding hydrogens is 368 g/mol. The van der Waals surface area contributed by atoms with E-state index in [1.54, 1.807) is 20.8 Å². The van der Waals surface area contributed by atoms with Crippen LogP contribution >= 0.6 is 0 Å². The smallest absolute Gasteiger partial charge is 0.252 e. The van der Waals surface area contributed by atoms with E-state index >= 15 is 0 Å². The molecule has 0 spiro atoms. The van der Waals surface area contributed by atoms with Crippen LogP contribution in [0.4, 0.5) is 0 Å². The molecule has 1 saturated carbocycles. The summed E-state index contributed by atoms with van der Waals surface area (Å²) in [5, 5.41) is 7.04. The highest BCUT2D eigenvalue weighted by atomic mass is 32.2. The van der Waals surface area contributed by atoms with Crippen LogP contribution in [-0.4, -0.2) is 30.5 Å². The minimum absolute atomic E-state index is 0.122. The highest BCUT2D eigenvalue weighted by Crippen LogP contribution is 2.37. The number of carbonyl (C=O) groups is 1. The Bertz CT molecular complexity index is 913. The van der Waals surface area contributed by atoms with Crippen LogP contribution < -0.4 is 10.0 Å². The van der Waals surface area contributed by atoms with Gasteiger partial charge in [0.2, 0.25) is 15.9 Å². The van der Waals surface area contributed by atoms with Crippen molar-refractivity contribution >= 4 is 15.9 Å². The maximum Gasteiger partial charge on any atom is 0.252 e. The molecule has 2 aromatic rings. The van der Waals surface area contributed by atoms with Gasteiger partial charge in [-0.1, -0.05) is 18.0 Å². The summed E-state index contributed by atoms with van der Waals surface area (Å²) in [6.45, 7) is 5.21. The average molecular weight is 392 g/mol. The van der Waals surface area contributed by atoms with Crippen molar-refractivity contribution in [2.24, 2.45) is 0 Å². The molecule has 0 atom stereocenters. The van der Waals surface area contributed by atoms with Crippen LogP contribution in [0.3, 0.4) is 0 Å². The maximum atomic E-state index is 12.8. The molecule has 1 fully saturated rings. The summed E-state index contributed by atoms with van der Waals surface area (Å²) in [6.07, 6.45) is 3.41. The van der Waals surface area contributed by atoms with Gasteiger partial charge in [0.05, 0.1) is 4.90 Å². The molecule has 1 amide bonds. The Labute approximate surface area is 158 Å². The summed E-state index contributed by atoms with van der Waals surface area (Å²) in [6, 6.07) is 5.67. The molecule has 0 aliphatic heterocycles. The van der Waals surface area contributed by atoms with Gasteiger partial charge in [-0.3, -0.25) is 4.79 Å². The Morgan fingerprint density at radius 1 is 1.19 bits per heavy atom. The number of sulfonamides is 1. The fraction of sp³-hybridized carbons (Fsp3) is 0.500. The van der Waals surface area contributed by atoms with Gasteiger partial charge in [0.25, 0.3) is 5.91 Å². The Morgan fingerprint density at radius 3 is 2.33 bits per heavy atom. The summed E-state index contributed by atoms with van der Waals surface area (Å²) < 4.78 is 32.0. The van der Waals surface area contributed by atoms with Crippen molar-refractivity contribution in [3.63, 3.8) is 0 Å². The summed E-state index contributed by atoms with van der Waals surface area (Å²) >= 11 is 0. The van der Waals surface area contributed by atoms with Gasteiger partial charge in [-0.2, -0.15) is 4.98 Å². The summed E-state index contributed by atoms with van der Waals surface area (Å²) in [4.78, 5) is 17.2. The molecule has 1 aromatic heterocycles. The summed E-state index contributed by atoms with van der Waals surface area (Å²) in [5.74, 6) is 0.657. The monoisotopic (exact) mass is 392 g/mol. The SMILES string of the molecule is Cc1nc(C2(NC(=O)c3ccc(S(=O)(=O)NC(C)C)cc3)CCCC2)no1. The number of rotatable bonds is 6. The first-order valence-corrected chi connectivity index (χ1v) is 10.5. The largest absolute Gasteiger partial charge is 0.340 e. The van der Waals surface area contributed by atoms with Gasteiger partial charge in [0.1, 0.15) is 5.54 Å². The van der Waals surface area contributed by atoms with Crippen molar-refractivity contribution in [2.75, 3.05) is 0 Å². The van der Waals surface area contributed by atoms with Crippen molar-refractivity contribution in [1.29, 1.82) is 0 Å². The van der Waals surface area contributed by atoms with Crippen LogP contribution in [0, 0.1) is 6.92 Å². The molecule has 0 saturated heterocycles. The Kier molecular flexibility index (Phi) is 5.34. The average Bonchev–Trinajstić information content (AvgIpc) is 3.24. The second-order valence-electron chi connectivity index (χ2n) is 7.18. The molecule has 8 nitrogen and oxygen atoms in total. The van der Waals surface area contributed by atoms with E-state index in [1.807, 2.05) is 0 Å². The van der Waals surface area contributed by atoms with Gasteiger partial charge in [-0.25, -0.2) is 13.1 Å². The molecular formula is C18H24N4O4S. The van der Waals surface area contributed by atoms with Gasteiger partial charge in [0, 0.05) is 18.5 Å². The third-order valence-corrected chi connectivity index (χ3v) is 6.26. The highest BCUT2D eigenvalue weighted by Gasteiger charge is 2.41. The lowest BCUT2D eigenvalue weighted by molar-refractivity contribution is 0.0892. The predicted octanol–water partition coefficient (Wildman–Crippen LogP) is 2.26. The van der Waals surface area contributed by atoms with E-state index in [-0.39, 0.29) is 16.8 Å². The molecule has 146 valence electrons. The van der Waals surface area contributed by atoms with E-state index in [2.05, 4.69) is 20.2 Å². The van der Waals surface area contributed by atoms with Gasteiger partial charge < -0.3 is 9.84 Å². The molecule has 1 heterocycles. The molecule has 0 radical (unpaired) electrons. The van der Waals surface area contributed by atoms with Crippen LogP contribution in [-0.2, 0) is 15.6 Å². The number of aryl methyl sites for hydroxylation is 1. The molecule has 2 N–H and O–H groups in total. The fourth-order valence-corrected chi connectivity index (χ4v) is 4.58. The van der Waals surface area contributed by atoms with Crippen molar-refractivity contribution in [3.8, 4) is 0 Å². The Morgan fingerprint density at radius 2 is 1.81 bits per heavy atom. The first-order chi connectivity index (χ1) is 12.7. The van der Waals surface area contributed by atoms with E-state index in [9.17, 15) is 13.2 Å². The summed E-state index contributed by atoms with van der Waals surface area (Å²) in [5.41, 5.74) is -0.260. The fourth-order valence-electron chi connectivity index (χ4n) is 3.33. The normalized spacial score (nSPS) is 16.6. The van der Waals surface area contributed by atoms with E-state index in [0.29, 0.717) is 17.3 Å². The Balaban J connectivity index is 1.79. The van der Waals surface area contributed by atoms with E-state index in [0.717, 1.165) is 25.7 Å². The molecule has 27 heavy (non-hydrogen) atoms. The maximum absolute atomic E-state index is 12.8. The van der Waals surface area contributed by atoms with Crippen LogP contribution in [0.15, 0.2) is 33.7 Å². The van der Waals surface area contributed by atoms with E-state index < -0.39 is 15.6 Å². The second-order valence-corrected chi connectivity index (χ2v) is 8.89. The minimum Gasteiger partial charge on any atom is -0.340 e. The standard InChI is InChI=1S/C18H24N4O4S/c1-12(2)22-27(24,25)15-8-6-14(7-9-15)16(23)20-18(10-4-5-11-18)17-19-13(3)26-21-17/h6-9,12,22H,4-5,10-11H2,1-3H3,(H,20,23). The minimum atomic E-state index is -3.59. The number of aromatic nitrogens is 2. The summed E-state index contributed by atoms with van der Waals surface area (Å²) in [7, 11) is -3.59. The lowest BCUT2D eigenvalue weighted by atomic mass is 9.96. The number of hydrogen-bond acceptors (Lipinski definition) is 6. The number of carbonyl (C=O) groups excluding carboxylic acids is 1. The quantitative estimate of drug-likeness (QED) is 0.779. The number of benzene rings is 1. The Hall–Kier alpha value is -2.26. The first-order valence-electron chi connectivity index (χ1n) is 8.98. The topological polar surface area (TPSA) is 114 Å². The van der Waals surface area contributed by atoms with Crippen molar-refractivity contribution in [3.05, 3.63) is 41.5 Å². The second kappa shape index (κ2) is 7.40. The van der Waals surface area contributed by atoms with Crippen LogP contribution in [0.1, 0.15) is 61.6 Å². The molecule has 9 heteroatoms. The molecule has 1 aromatic carbocycles.